The summed E-state index contributed by atoms with van der Waals surface area (Å²) in [5, 5.41) is 12.3. The molecule has 0 aliphatic carbocycles. The summed E-state index contributed by atoms with van der Waals surface area (Å²) in [5.41, 5.74) is 1.17. The number of benzene rings is 1. The third kappa shape index (κ3) is 4.99. The van der Waals surface area contributed by atoms with Crippen LogP contribution in [0.3, 0.4) is 0 Å². The van der Waals surface area contributed by atoms with Gasteiger partial charge < -0.3 is 10.1 Å². The van der Waals surface area contributed by atoms with Gasteiger partial charge in [0.1, 0.15) is 0 Å². The standard InChI is InChI=1S/C14H20N2O/c1-12(9-11-17-2)16-14(8-10-15)13-6-4-3-5-7-13/h3-7,12,14,16H,8-9,11H2,1-2H3. The SMILES string of the molecule is COCCC(C)NC(CC#N)c1ccccc1. The maximum absolute atomic E-state index is 8.87. The molecule has 1 rings (SSSR count). The highest BCUT2D eigenvalue weighted by Gasteiger charge is 2.13. The molecule has 3 heteroatoms. The summed E-state index contributed by atoms with van der Waals surface area (Å²) in [4.78, 5) is 0. The minimum Gasteiger partial charge on any atom is -0.385 e. The Labute approximate surface area is 103 Å². The molecule has 1 N–H and O–H groups in total. The maximum atomic E-state index is 8.87. The number of nitrogens with zero attached hydrogens (tertiary/aromatic N) is 1. The first-order chi connectivity index (χ1) is 8.27. The Morgan fingerprint density at radius 2 is 2.06 bits per heavy atom. The van der Waals surface area contributed by atoms with Crippen molar-refractivity contribution in [2.24, 2.45) is 0 Å². The molecule has 0 saturated carbocycles. The van der Waals surface area contributed by atoms with Gasteiger partial charge >= 0.3 is 0 Å². The summed E-state index contributed by atoms with van der Waals surface area (Å²) < 4.78 is 5.05. The molecule has 0 aromatic heterocycles. The number of rotatable bonds is 7. The van der Waals surface area contributed by atoms with Crippen molar-refractivity contribution >= 4 is 0 Å². The highest BCUT2D eigenvalue weighted by molar-refractivity contribution is 5.20. The molecular weight excluding hydrogens is 212 g/mol. The van der Waals surface area contributed by atoms with E-state index in [1.807, 2.05) is 18.2 Å². The molecule has 0 aliphatic rings. The highest BCUT2D eigenvalue weighted by atomic mass is 16.5. The number of hydrogen-bond acceptors (Lipinski definition) is 3. The molecule has 3 nitrogen and oxygen atoms in total. The number of nitrogens with one attached hydrogen (secondary N) is 1. The summed E-state index contributed by atoms with van der Waals surface area (Å²) >= 11 is 0. The quantitative estimate of drug-likeness (QED) is 0.786. The van der Waals surface area contributed by atoms with E-state index in [2.05, 4.69) is 30.4 Å². The van der Waals surface area contributed by atoms with Crippen LogP contribution in [-0.2, 0) is 4.74 Å². The van der Waals surface area contributed by atoms with Crippen LogP contribution < -0.4 is 5.32 Å². The average molecular weight is 232 g/mol. The van der Waals surface area contributed by atoms with Gasteiger partial charge in [-0.3, -0.25) is 0 Å². The molecule has 0 heterocycles. The third-order valence-corrected chi connectivity index (χ3v) is 2.74. The Bertz CT molecular complexity index is 345. The average Bonchev–Trinajstić information content (AvgIpc) is 2.37. The fraction of sp³-hybridized carbons (Fsp3) is 0.500. The lowest BCUT2D eigenvalue weighted by atomic mass is 10.0. The smallest absolute Gasteiger partial charge is 0.0641 e. The van der Waals surface area contributed by atoms with Crippen LogP contribution in [0.4, 0.5) is 0 Å². The molecule has 2 atom stereocenters. The van der Waals surface area contributed by atoms with Crippen LogP contribution in [0.1, 0.15) is 31.4 Å². The first-order valence-corrected chi connectivity index (χ1v) is 5.94. The predicted molar refractivity (Wildman–Crippen MR) is 68.5 cm³/mol. The Kier molecular flexibility index (Phi) is 6.31. The van der Waals surface area contributed by atoms with E-state index < -0.39 is 0 Å². The van der Waals surface area contributed by atoms with Crippen molar-refractivity contribution < 1.29 is 4.74 Å². The summed E-state index contributed by atoms with van der Waals surface area (Å²) in [6.07, 6.45) is 1.44. The molecule has 0 spiro atoms. The second-order valence-electron chi connectivity index (χ2n) is 4.17. The molecule has 0 bridgehead atoms. The molecule has 1 aromatic carbocycles. The van der Waals surface area contributed by atoms with Crippen molar-refractivity contribution in [3.8, 4) is 6.07 Å². The Balaban J connectivity index is 2.58. The van der Waals surface area contributed by atoms with Gasteiger partial charge in [0, 0.05) is 25.8 Å². The fourth-order valence-electron chi connectivity index (χ4n) is 1.77. The molecule has 2 unspecified atom stereocenters. The molecule has 0 saturated heterocycles. The molecule has 0 aliphatic heterocycles. The van der Waals surface area contributed by atoms with Crippen LogP contribution in [0.2, 0.25) is 0 Å². The zero-order valence-corrected chi connectivity index (χ0v) is 10.5. The van der Waals surface area contributed by atoms with Crippen LogP contribution >= 0.6 is 0 Å². The Morgan fingerprint density at radius 1 is 1.35 bits per heavy atom. The summed E-state index contributed by atoms with van der Waals surface area (Å²) in [7, 11) is 1.71. The van der Waals surface area contributed by atoms with Crippen LogP contribution in [0, 0.1) is 11.3 Å². The zero-order chi connectivity index (χ0) is 12.5. The van der Waals surface area contributed by atoms with Gasteiger partial charge in [0.2, 0.25) is 0 Å². The highest BCUT2D eigenvalue weighted by Crippen LogP contribution is 2.17. The molecule has 17 heavy (non-hydrogen) atoms. The van der Waals surface area contributed by atoms with E-state index in [1.165, 1.54) is 5.56 Å². The lowest BCUT2D eigenvalue weighted by molar-refractivity contribution is 0.182. The minimum atomic E-state index is 0.105. The number of methoxy groups -OCH3 is 1. The van der Waals surface area contributed by atoms with Crippen molar-refractivity contribution in [2.75, 3.05) is 13.7 Å². The molecular formula is C14H20N2O. The normalized spacial score (nSPS) is 13.9. The lowest BCUT2D eigenvalue weighted by Gasteiger charge is -2.21. The third-order valence-electron chi connectivity index (χ3n) is 2.74. The van der Waals surface area contributed by atoms with E-state index in [4.69, 9.17) is 10.00 Å². The van der Waals surface area contributed by atoms with E-state index >= 15 is 0 Å². The van der Waals surface area contributed by atoms with Gasteiger partial charge in [0.25, 0.3) is 0 Å². The van der Waals surface area contributed by atoms with Crippen molar-refractivity contribution in [1.29, 1.82) is 5.26 Å². The van der Waals surface area contributed by atoms with Crippen LogP contribution in [0.15, 0.2) is 30.3 Å². The monoisotopic (exact) mass is 232 g/mol. The first kappa shape index (κ1) is 13.7. The van der Waals surface area contributed by atoms with Crippen LogP contribution in [0.25, 0.3) is 0 Å². The Morgan fingerprint density at radius 3 is 2.65 bits per heavy atom. The van der Waals surface area contributed by atoms with Crippen molar-refractivity contribution in [3.05, 3.63) is 35.9 Å². The molecule has 0 fully saturated rings. The van der Waals surface area contributed by atoms with E-state index in [0.29, 0.717) is 12.5 Å². The van der Waals surface area contributed by atoms with Gasteiger partial charge in [-0.15, -0.1) is 0 Å². The summed E-state index contributed by atoms with van der Waals surface area (Å²) in [6.45, 7) is 2.86. The van der Waals surface area contributed by atoms with Crippen molar-refractivity contribution in [2.45, 2.75) is 31.8 Å². The van der Waals surface area contributed by atoms with Gasteiger partial charge in [-0.25, -0.2) is 0 Å². The maximum Gasteiger partial charge on any atom is 0.0641 e. The minimum absolute atomic E-state index is 0.105. The van der Waals surface area contributed by atoms with E-state index in [0.717, 1.165) is 13.0 Å². The van der Waals surface area contributed by atoms with E-state index in [1.54, 1.807) is 7.11 Å². The number of hydrogen-bond donors (Lipinski definition) is 1. The van der Waals surface area contributed by atoms with Crippen LogP contribution in [0.5, 0.6) is 0 Å². The largest absolute Gasteiger partial charge is 0.385 e. The fourth-order valence-corrected chi connectivity index (χ4v) is 1.77. The van der Waals surface area contributed by atoms with Crippen molar-refractivity contribution in [1.82, 2.24) is 5.32 Å². The second-order valence-corrected chi connectivity index (χ2v) is 4.17. The van der Waals surface area contributed by atoms with Crippen LogP contribution in [-0.4, -0.2) is 19.8 Å². The van der Waals surface area contributed by atoms with E-state index in [-0.39, 0.29) is 6.04 Å². The van der Waals surface area contributed by atoms with Gasteiger partial charge in [-0.2, -0.15) is 5.26 Å². The second kappa shape index (κ2) is 7.83. The lowest BCUT2D eigenvalue weighted by Crippen LogP contribution is -2.31. The van der Waals surface area contributed by atoms with Gasteiger partial charge in [-0.1, -0.05) is 30.3 Å². The van der Waals surface area contributed by atoms with Gasteiger partial charge in [0.15, 0.2) is 0 Å². The molecule has 1 aromatic rings. The summed E-state index contributed by atoms with van der Waals surface area (Å²) in [5.74, 6) is 0. The topological polar surface area (TPSA) is 45.0 Å². The molecule has 92 valence electrons. The zero-order valence-electron chi connectivity index (χ0n) is 10.5. The first-order valence-electron chi connectivity index (χ1n) is 5.94. The summed E-state index contributed by atoms with van der Waals surface area (Å²) in [6, 6.07) is 12.8. The number of nitriles is 1. The predicted octanol–water partition coefficient (Wildman–Crippen LogP) is 2.66. The molecule has 0 amide bonds. The van der Waals surface area contributed by atoms with Gasteiger partial charge in [-0.05, 0) is 18.9 Å². The van der Waals surface area contributed by atoms with Gasteiger partial charge in [0.05, 0.1) is 12.5 Å². The Hall–Kier alpha value is -1.37. The van der Waals surface area contributed by atoms with E-state index in [9.17, 15) is 0 Å². The molecule has 0 radical (unpaired) electrons. The van der Waals surface area contributed by atoms with Crippen molar-refractivity contribution in [3.63, 3.8) is 0 Å². The number of ether oxygens (including phenoxy) is 1.